The van der Waals surface area contributed by atoms with E-state index in [4.69, 9.17) is 25.9 Å². The van der Waals surface area contributed by atoms with Gasteiger partial charge < -0.3 is 19.6 Å². The first kappa shape index (κ1) is 31.2. The minimum atomic E-state index is -0.349. The Kier molecular flexibility index (Phi) is 10.9. The third-order valence-electron chi connectivity index (χ3n) is 7.36. The molecule has 2 N–H and O–H groups in total. The number of ether oxygens (including phenoxy) is 1. The molecule has 0 radical (unpaired) electrons. The Labute approximate surface area is 261 Å². The van der Waals surface area contributed by atoms with E-state index in [1.54, 1.807) is 24.3 Å². The summed E-state index contributed by atoms with van der Waals surface area (Å²) in [6.07, 6.45) is 9.09. The molecule has 3 aromatic carbocycles. The number of aromatic nitrogens is 2. The zero-order chi connectivity index (χ0) is 30.7. The van der Waals surface area contributed by atoms with Crippen molar-refractivity contribution < 1.29 is 23.4 Å². The molecule has 2 aromatic heterocycles. The Morgan fingerprint density at radius 2 is 1.77 bits per heavy atom. The van der Waals surface area contributed by atoms with E-state index in [9.17, 15) is 9.18 Å². The van der Waals surface area contributed by atoms with Gasteiger partial charge in [-0.2, -0.15) is 0 Å². The average Bonchev–Trinajstić information content (AvgIpc) is 3.51. The largest absolute Gasteiger partial charge is 0.487 e. The van der Waals surface area contributed by atoms with Crippen LogP contribution in [0.4, 0.5) is 15.9 Å². The molecule has 9 heteroatoms. The van der Waals surface area contributed by atoms with Gasteiger partial charge in [-0.25, -0.2) is 14.4 Å². The van der Waals surface area contributed by atoms with Crippen molar-refractivity contribution in [2.45, 2.75) is 58.0 Å². The zero-order valence-electron chi connectivity index (χ0n) is 24.4. The number of unbranched alkanes of at least 4 members (excludes halogenated alkanes) is 5. The van der Waals surface area contributed by atoms with Crippen LogP contribution >= 0.6 is 11.6 Å². The van der Waals surface area contributed by atoms with Gasteiger partial charge in [-0.1, -0.05) is 49.4 Å². The molecular weight excluding hydrogens is 581 g/mol. The minimum absolute atomic E-state index is 0.0772. The van der Waals surface area contributed by atoms with E-state index in [0.29, 0.717) is 28.6 Å². The SMILES string of the molecule is O=C(CO)CCCCCCCCc1ccc(-c2ccc3ncnc(Nc4ccc(OCc5cccc(F)c5)c(Cl)c4)c3c2)o1. The number of furan rings is 1. The second-order valence-corrected chi connectivity index (χ2v) is 11.1. The number of ketones is 1. The van der Waals surface area contributed by atoms with Gasteiger partial charge in [-0.3, -0.25) is 4.79 Å². The molecule has 2 heterocycles. The van der Waals surface area contributed by atoms with Crippen LogP contribution in [-0.4, -0.2) is 27.5 Å². The Morgan fingerprint density at radius 3 is 2.59 bits per heavy atom. The lowest BCUT2D eigenvalue weighted by Gasteiger charge is -2.12. The van der Waals surface area contributed by atoms with Gasteiger partial charge >= 0.3 is 0 Å². The van der Waals surface area contributed by atoms with Gasteiger partial charge in [-0.15, -0.1) is 0 Å². The maximum absolute atomic E-state index is 13.5. The number of nitrogens with one attached hydrogen (secondary N) is 1. The molecule has 0 aliphatic rings. The molecule has 228 valence electrons. The Hall–Kier alpha value is -4.27. The predicted molar refractivity (Wildman–Crippen MR) is 171 cm³/mol. The highest BCUT2D eigenvalue weighted by atomic mass is 35.5. The maximum Gasteiger partial charge on any atom is 0.158 e. The predicted octanol–water partition coefficient (Wildman–Crippen LogP) is 8.84. The normalized spacial score (nSPS) is 11.2. The number of hydrogen-bond acceptors (Lipinski definition) is 7. The summed E-state index contributed by atoms with van der Waals surface area (Å²) < 4.78 is 25.4. The van der Waals surface area contributed by atoms with Crippen molar-refractivity contribution in [2.75, 3.05) is 11.9 Å². The lowest BCUT2D eigenvalue weighted by Crippen LogP contribution is -2.02. The van der Waals surface area contributed by atoms with Crippen LogP contribution in [0.3, 0.4) is 0 Å². The summed E-state index contributed by atoms with van der Waals surface area (Å²) in [5.41, 5.74) is 3.17. The van der Waals surface area contributed by atoms with E-state index in [0.717, 1.165) is 78.6 Å². The Balaban J connectivity index is 1.18. The van der Waals surface area contributed by atoms with Crippen LogP contribution in [0, 0.1) is 5.82 Å². The van der Waals surface area contributed by atoms with E-state index >= 15 is 0 Å². The number of anilines is 2. The Morgan fingerprint density at radius 1 is 0.932 bits per heavy atom. The van der Waals surface area contributed by atoms with Crippen molar-refractivity contribution in [3.05, 3.63) is 101 Å². The minimum Gasteiger partial charge on any atom is -0.487 e. The van der Waals surface area contributed by atoms with E-state index in [1.165, 1.54) is 18.5 Å². The number of Topliss-reactive ketones (excluding diaryl/α,β-unsaturated/α-hetero) is 1. The van der Waals surface area contributed by atoms with Crippen LogP contribution in [0.2, 0.25) is 5.02 Å². The number of aliphatic hydroxyl groups is 1. The maximum atomic E-state index is 13.5. The fourth-order valence-corrected chi connectivity index (χ4v) is 5.24. The van der Waals surface area contributed by atoms with Crippen molar-refractivity contribution >= 4 is 39.8 Å². The second-order valence-electron chi connectivity index (χ2n) is 10.7. The molecule has 5 rings (SSSR count). The van der Waals surface area contributed by atoms with Crippen molar-refractivity contribution in [1.29, 1.82) is 0 Å². The van der Waals surface area contributed by atoms with Crippen LogP contribution in [0.5, 0.6) is 5.75 Å². The number of rotatable bonds is 16. The monoisotopic (exact) mass is 615 g/mol. The van der Waals surface area contributed by atoms with E-state index in [1.807, 2.05) is 36.4 Å². The third kappa shape index (κ3) is 8.65. The van der Waals surface area contributed by atoms with E-state index in [-0.39, 0.29) is 24.8 Å². The van der Waals surface area contributed by atoms with Crippen LogP contribution in [0.15, 0.2) is 83.5 Å². The van der Waals surface area contributed by atoms with Gasteiger partial charge in [-0.05, 0) is 79.1 Å². The molecule has 0 aliphatic carbocycles. The highest BCUT2D eigenvalue weighted by Gasteiger charge is 2.11. The molecule has 0 saturated carbocycles. The fraction of sp³-hybridized carbons (Fsp3) is 0.286. The molecule has 0 spiro atoms. The first-order valence-corrected chi connectivity index (χ1v) is 15.3. The number of carbonyl (C=O) groups excluding carboxylic acids is 1. The van der Waals surface area contributed by atoms with E-state index in [2.05, 4.69) is 15.3 Å². The van der Waals surface area contributed by atoms with Crippen LogP contribution < -0.4 is 10.1 Å². The van der Waals surface area contributed by atoms with Crippen LogP contribution in [-0.2, 0) is 17.8 Å². The van der Waals surface area contributed by atoms with Gasteiger partial charge in [0.2, 0.25) is 0 Å². The lowest BCUT2D eigenvalue weighted by molar-refractivity contribution is -0.121. The first-order valence-electron chi connectivity index (χ1n) is 14.9. The number of aliphatic hydroxyl groups excluding tert-OH is 1. The molecule has 0 bridgehead atoms. The lowest BCUT2D eigenvalue weighted by atomic mass is 10.1. The number of halogens is 2. The smallest absolute Gasteiger partial charge is 0.158 e. The van der Waals surface area contributed by atoms with Crippen molar-refractivity contribution in [1.82, 2.24) is 9.97 Å². The number of fused-ring (bicyclic) bond motifs is 1. The van der Waals surface area contributed by atoms with Gasteiger partial charge in [0, 0.05) is 29.5 Å². The summed E-state index contributed by atoms with van der Waals surface area (Å²) in [4.78, 5) is 20.1. The Bertz CT molecular complexity index is 1710. The molecule has 0 fully saturated rings. The number of aryl methyl sites for hydroxylation is 1. The molecule has 0 aliphatic heterocycles. The molecule has 5 aromatic rings. The van der Waals surface area contributed by atoms with Crippen LogP contribution in [0.1, 0.15) is 56.3 Å². The molecule has 7 nitrogen and oxygen atoms in total. The number of hydrogen-bond donors (Lipinski definition) is 2. The second kappa shape index (κ2) is 15.5. The third-order valence-corrected chi connectivity index (χ3v) is 7.66. The van der Waals surface area contributed by atoms with Crippen molar-refractivity contribution in [3.63, 3.8) is 0 Å². The molecular formula is C35H35ClFN3O4. The van der Waals surface area contributed by atoms with E-state index < -0.39 is 0 Å². The summed E-state index contributed by atoms with van der Waals surface area (Å²) in [5.74, 6) is 2.48. The zero-order valence-corrected chi connectivity index (χ0v) is 25.2. The molecule has 0 atom stereocenters. The van der Waals surface area contributed by atoms with Crippen molar-refractivity contribution in [3.8, 4) is 17.1 Å². The summed E-state index contributed by atoms with van der Waals surface area (Å²) in [6.45, 7) is -0.146. The standard InChI is InChI=1S/C35H35ClFN3O4/c36-31-20-27(13-16-34(31)43-22-24-8-7-9-26(37)18-24)40-35-30-19-25(12-15-32(30)38-23-39-35)33-17-14-29(44-33)11-6-4-2-1-3-5-10-28(42)21-41/h7-9,12-20,23,41H,1-6,10-11,21-22H2,(H,38,39,40). The molecule has 0 saturated heterocycles. The fourth-order valence-electron chi connectivity index (χ4n) is 5.00. The number of carbonyl (C=O) groups is 1. The van der Waals surface area contributed by atoms with Crippen LogP contribution in [0.25, 0.3) is 22.2 Å². The molecule has 44 heavy (non-hydrogen) atoms. The molecule has 0 amide bonds. The van der Waals surface area contributed by atoms with Gasteiger partial charge in [0.25, 0.3) is 0 Å². The first-order chi connectivity index (χ1) is 21.5. The highest BCUT2D eigenvalue weighted by Crippen LogP contribution is 2.33. The number of benzene rings is 3. The van der Waals surface area contributed by atoms with Gasteiger partial charge in [0.15, 0.2) is 5.78 Å². The molecule has 0 unspecified atom stereocenters. The van der Waals surface area contributed by atoms with Crippen molar-refractivity contribution in [2.24, 2.45) is 0 Å². The quantitative estimate of drug-likeness (QED) is 0.107. The topological polar surface area (TPSA) is 97.5 Å². The van der Waals surface area contributed by atoms with Gasteiger partial charge in [0.1, 0.15) is 48.4 Å². The number of nitrogens with zero attached hydrogens (tertiary/aromatic N) is 2. The summed E-state index contributed by atoms with van der Waals surface area (Å²) >= 11 is 6.51. The van der Waals surface area contributed by atoms with Gasteiger partial charge in [0.05, 0.1) is 10.5 Å². The summed E-state index contributed by atoms with van der Waals surface area (Å²) in [6, 6.07) is 21.6. The summed E-state index contributed by atoms with van der Waals surface area (Å²) in [5, 5.41) is 13.4. The summed E-state index contributed by atoms with van der Waals surface area (Å²) in [7, 11) is 0. The highest BCUT2D eigenvalue weighted by molar-refractivity contribution is 6.32. The average molecular weight is 616 g/mol.